The third kappa shape index (κ3) is 2.16. The highest BCUT2D eigenvalue weighted by Gasteiger charge is 2.20. The summed E-state index contributed by atoms with van der Waals surface area (Å²) in [4.78, 5) is 10.5. The van der Waals surface area contributed by atoms with Gasteiger partial charge in [-0.25, -0.2) is 4.39 Å². The van der Waals surface area contributed by atoms with Crippen LogP contribution in [0, 0.1) is 12.7 Å². The van der Waals surface area contributed by atoms with Gasteiger partial charge in [0.05, 0.1) is 0 Å². The van der Waals surface area contributed by atoms with Crippen LogP contribution >= 0.6 is 23.2 Å². The molecule has 14 heavy (non-hydrogen) atoms. The monoisotopic (exact) mass is 236 g/mol. The van der Waals surface area contributed by atoms with Gasteiger partial charge in [0.25, 0.3) is 0 Å². The molecular formula is C9H7Cl2FO2. The normalized spacial score (nSPS) is 12.6. The summed E-state index contributed by atoms with van der Waals surface area (Å²) in [5, 5.41) is 7.44. The number of carboxylic acids is 1. The lowest BCUT2D eigenvalue weighted by Crippen LogP contribution is -2.06. The van der Waals surface area contributed by atoms with E-state index >= 15 is 0 Å². The van der Waals surface area contributed by atoms with Crippen molar-refractivity contribution >= 4 is 29.2 Å². The maximum atomic E-state index is 13.1. The van der Waals surface area contributed by atoms with Gasteiger partial charge in [-0.3, -0.25) is 4.79 Å². The van der Waals surface area contributed by atoms with Crippen molar-refractivity contribution in [3.05, 3.63) is 34.1 Å². The van der Waals surface area contributed by atoms with Crippen LogP contribution in [-0.2, 0) is 4.79 Å². The van der Waals surface area contributed by atoms with Crippen molar-refractivity contribution in [2.75, 3.05) is 0 Å². The first-order valence-corrected chi connectivity index (χ1v) is 4.57. The molecule has 76 valence electrons. The number of hydrogen-bond donors (Lipinski definition) is 1. The van der Waals surface area contributed by atoms with Crippen LogP contribution in [0.2, 0.25) is 5.02 Å². The number of rotatable bonds is 2. The number of carboxylic acid groups (broad SMARTS) is 1. The number of halogens is 3. The van der Waals surface area contributed by atoms with Crippen LogP contribution in [0.4, 0.5) is 4.39 Å². The van der Waals surface area contributed by atoms with Crippen LogP contribution in [-0.4, -0.2) is 11.1 Å². The molecule has 0 radical (unpaired) electrons. The van der Waals surface area contributed by atoms with Crippen molar-refractivity contribution < 1.29 is 14.3 Å². The van der Waals surface area contributed by atoms with Crippen molar-refractivity contribution in [3.63, 3.8) is 0 Å². The third-order valence-corrected chi connectivity index (χ3v) is 2.52. The Labute approximate surface area is 90.3 Å². The summed E-state index contributed by atoms with van der Waals surface area (Å²) in [6, 6.07) is 2.40. The number of alkyl halides is 1. The lowest BCUT2D eigenvalue weighted by atomic mass is 10.1. The lowest BCUT2D eigenvalue weighted by Gasteiger charge is -2.08. The van der Waals surface area contributed by atoms with Crippen LogP contribution in [0.5, 0.6) is 0 Å². The molecule has 0 saturated heterocycles. The predicted molar refractivity (Wildman–Crippen MR) is 52.4 cm³/mol. The molecule has 1 unspecified atom stereocenters. The van der Waals surface area contributed by atoms with E-state index in [2.05, 4.69) is 0 Å². The Morgan fingerprint density at radius 3 is 2.64 bits per heavy atom. The fourth-order valence-electron chi connectivity index (χ4n) is 0.989. The first kappa shape index (κ1) is 11.3. The molecule has 1 atom stereocenters. The smallest absolute Gasteiger partial charge is 0.326 e. The van der Waals surface area contributed by atoms with E-state index in [9.17, 15) is 9.18 Å². The molecule has 0 spiro atoms. The molecule has 0 aromatic heterocycles. The van der Waals surface area contributed by atoms with Gasteiger partial charge in [0.2, 0.25) is 0 Å². The molecule has 1 aromatic carbocycles. The molecule has 0 aliphatic carbocycles. The molecule has 0 saturated carbocycles. The standard InChI is InChI=1S/C9H7Cl2FO2/c1-4-2-6(10)5(3-7(4)12)8(11)9(13)14/h2-3,8H,1H3,(H,13,14). The molecule has 0 bridgehead atoms. The van der Waals surface area contributed by atoms with E-state index in [-0.39, 0.29) is 10.6 Å². The molecule has 1 aromatic rings. The Hall–Kier alpha value is -0.800. The van der Waals surface area contributed by atoms with Crippen molar-refractivity contribution in [1.82, 2.24) is 0 Å². The predicted octanol–water partition coefficient (Wildman–Crippen LogP) is 3.15. The molecule has 0 aliphatic rings. The van der Waals surface area contributed by atoms with Crippen LogP contribution < -0.4 is 0 Å². The quantitative estimate of drug-likeness (QED) is 0.802. The Morgan fingerprint density at radius 1 is 1.57 bits per heavy atom. The number of aliphatic carboxylic acids is 1. The minimum absolute atomic E-state index is 0.0731. The highest BCUT2D eigenvalue weighted by atomic mass is 35.5. The van der Waals surface area contributed by atoms with Gasteiger partial charge in [0.1, 0.15) is 5.82 Å². The minimum Gasteiger partial charge on any atom is -0.480 e. The zero-order valence-electron chi connectivity index (χ0n) is 7.22. The highest BCUT2D eigenvalue weighted by molar-refractivity contribution is 6.35. The fraction of sp³-hybridized carbons (Fsp3) is 0.222. The first-order chi connectivity index (χ1) is 6.43. The van der Waals surface area contributed by atoms with Crippen molar-refractivity contribution in [1.29, 1.82) is 0 Å². The van der Waals surface area contributed by atoms with E-state index in [1.54, 1.807) is 0 Å². The van der Waals surface area contributed by atoms with Gasteiger partial charge in [-0.05, 0) is 24.6 Å². The molecule has 0 aliphatic heterocycles. The summed E-state index contributed by atoms with van der Waals surface area (Å²) in [5.74, 6) is -1.77. The minimum atomic E-state index is -1.32. The first-order valence-electron chi connectivity index (χ1n) is 3.76. The van der Waals surface area contributed by atoms with Crippen LogP contribution in [0.25, 0.3) is 0 Å². The Kier molecular flexibility index (Phi) is 3.34. The summed E-state index contributed by atoms with van der Waals surface area (Å²) in [5.41, 5.74) is 0.428. The third-order valence-electron chi connectivity index (χ3n) is 1.77. The van der Waals surface area contributed by atoms with Crippen LogP contribution in [0.1, 0.15) is 16.5 Å². The number of hydrogen-bond acceptors (Lipinski definition) is 1. The topological polar surface area (TPSA) is 37.3 Å². The van der Waals surface area contributed by atoms with E-state index in [0.717, 1.165) is 6.07 Å². The van der Waals surface area contributed by atoms with Gasteiger partial charge in [-0.15, -0.1) is 11.6 Å². The maximum Gasteiger partial charge on any atom is 0.326 e. The highest BCUT2D eigenvalue weighted by Crippen LogP contribution is 2.30. The fourth-order valence-corrected chi connectivity index (χ4v) is 1.55. The van der Waals surface area contributed by atoms with Gasteiger partial charge in [-0.2, -0.15) is 0 Å². The Morgan fingerprint density at radius 2 is 2.14 bits per heavy atom. The van der Waals surface area contributed by atoms with Gasteiger partial charge in [0, 0.05) is 10.6 Å². The average Bonchev–Trinajstić information content (AvgIpc) is 2.10. The van der Waals surface area contributed by atoms with Crippen molar-refractivity contribution in [3.8, 4) is 0 Å². The number of benzene rings is 1. The van der Waals surface area contributed by atoms with E-state index in [1.807, 2.05) is 0 Å². The van der Waals surface area contributed by atoms with Crippen molar-refractivity contribution in [2.45, 2.75) is 12.3 Å². The Bertz CT molecular complexity index is 379. The average molecular weight is 237 g/mol. The van der Waals surface area contributed by atoms with E-state index in [0.29, 0.717) is 5.56 Å². The SMILES string of the molecule is Cc1cc(Cl)c(C(Cl)C(=O)O)cc1F. The summed E-state index contributed by atoms with van der Waals surface area (Å²) in [6.45, 7) is 1.54. The molecule has 0 amide bonds. The summed E-state index contributed by atoms with van der Waals surface area (Å²) >= 11 is 11.2. The van der Waals surface area contributed by atoms with Crippen LogP contribution in [0.15, 0.2) is 12.1 Å². The molecule has 0 fully saturated rings. The maximum absolute atomic E-state index is 13.1. The summed E-state index contributed by atoms with van der Waals surface area (Å²) < 4.78 is 13.1. The summed E-state index contributed by atoms with van der Waals surface area (Å²) in [7, 11) is 0. The van der Waals surface area contributed by atoms with Crippen molar-refractivity contribution in [2.24, 2.45) is 0 Å². The van der Waals surface area contributed by atoms with Gasteiger partial charge in [0.15, 0.2) is 5.38 Å². The van der Waals surface area contributed by atoms with E-state index < -0.39 is 17.2 Å². The number of carbonyl (C=O) groups is 1. The number of aryl methyl sites for hydroxylation is 1. The van der Waals surface area contributed by atoms with Gasteiger partial charge in [-0.1, -0.05) is 11.6 Å². The second kappa shape index (κ2) is 4.15. The zero-order valence-corrected chi connectivity index (χ0v) is 8.73. The zero-order chi connectivity index (χ0) is 10.9. The lowest BCUT2D eigenvalue weighted by molar-refractivity contribution is -0.136. The molecule has 2 nitrogen and oxygen atoms in total. The molecular weight excluding hydrogens is 230 g/mol. The molecule has 1 N–H and O–H groups in total. The van der Waals surface area contributed by atoms with E-state index in [4.69, 9.17) is 28.3 Å². The van der Waals surface area contributed by atoms with Crippen LogP contribution in [0.3, 0.4) is 0 Å². The second-order valence-corrected chi connectivity index (χ2v) is 3.67. The second-order valence-electron chi connectivity index (χ2n) is 2.82. The van der Waals surface area contributed by atoms with E-state index in [1.165, 1.54) is 13.0 Å². The van der Waals surface area contributed by atoms with Gasteiger partial charge >= 0.3 is 5.97 Å². The Balaban J connectivity index is 3.22. The molecule has 0 heterocycles. The van der Waals surface area contributed by atoms with Gasteiger partial charge < -0.3 is 5.11 Å². The molecule has 5 heteroatoms. The largest absolute Gasteiger partial charge is 0.480 e. The summed E-state index contributed by atoms with van der Waals surface area (Å²) in [6.07, 6.45) is 0. The molecule has 1 rings (SSSR count).